The molecule has 2 fully saturated rings. The quantitative estimate of drug-likeness (QED) is 0.437. The average molecular weight is 485 g/mol. The maximum absolute atomic E-state index is 13.1. The SMILES string of the molecule is O=C(NCCN1CCOCC1)C(=O)NC[C@H]1OCCN1S(=O)(=O)c1ccc2c(c1)OCCO2. The lowest BCUT2D eigenvalue weighted by atomic mass is 10.3. The number of nitrogens with one attached hydrogen (secondary N) is 2. The molecule has 0 radical (unpaired) electrons. The standard InChI is InChI=1S/C20H28N4O8S/c25-19(21-3-4-23-5-8-29-9-6-23)20(26)22-14-18-24(7-10-32-18)33(27,28)15-1-2-16-17(13-15)31-12-11-30-16/h1-2,13,18H,3-12,14H2,(H,21,25)(H,22,26)/t18-/m1/s1. The minimum atomic E-state index is -3.91. The lowest BCUT2D eigenvalue weighted by molar-refractivity contribution is -0.139. The normalized spacial score (nSPS) is 21.5. The number of benzene rings is 1. The Hall–Kier alpha value is -2.45. The average Bonchev–Trinajstić information content (AvgIpc) is 3.32. The molecule has 3 heterocycles. The topological polar surface area (TPSA) is 136 Å². The number of hydrogen-bond acceptors (Lipinski definition) is 9. The number of ether oxygens (including phenoxy) is 4. The van der Waals surface area contributed by atoms with E-state index in [1.165, 1.54) is 12.1 Å². The molecule has 12 nitrogen and oxygen atoms in total. The summed E-state index contributed by atoms with van der Waals surface area (Å²) in [4.78, 5) is 26.4. The molecular weight excluding hydrogens is 456 g/mol. The fourth-order valence-corrected chi connectivity index (χ4v) is 5.28. The van der Waals surface area contributed by atoms with Gasteiger partial charge in [-0.3, -0.25) is 14.5 Å². The molecule has 2 N–H and O–H groups in total. The smallest absolute Gasteiger partial charge is 0.309 e. The van der Waals surface area contributed by atoms with E-state index in [0.29, 0.717) is 51.0 Å². The van der Waals surface area contributed by atoms with Gasteiger partial charge in [-0.1, -0.05) is 0 Å². The third kappa shape index (κ3) is 5.73. The number of rotatable bonds is 7. The van der Waals surface area contributed by atoms with Crippen LogP contribution in [-0.4, -0.2) is 108 Å². The van der Waals surface area contributed by atoms with Crippen LogP contribution in [-0.2, 0) is 29.1 Å². The fraction of sp³-hybridized carbons (Fsp3) is 0.600. The van der Waals surface area contributed by atoms with Crippen molar-refractivity contribution in [3.8, 4) is 11.5 Å². The number of carbonyl (C=O) groups excluding carboxylic acids is 2. The van der Waals surface area contributed by atoms with E-state index in [0.717, 1.165) is 17.4 Å². The summed E-state index contributed by atoms with van der Waals surface area (Å²) in [5.41, 5.74) is 0. The number of sulfonamides is 1. The van der Waals surface area contributed by atoms with E-state index < -0.39 is 28.1 Å². The molecule has 2 saturated heterocycles. The van der Waals surface area contributed by atoms with Gasteiger partial charge in [-0.05, 0) is 12.1 Å². The van der Waals surface area contributed by atoms with Crippen molar-refractivity contribution in [1.29, 1.82) is 0 Å². The largest absolute Gasteiger partial charge is 0.486 e. The van der Waals surface area contributed by atoms with Gasteiger partial charge in [0.1, 0.15) is 19.4 Å². The van der Waals surface area contributed by atoms with Crippen LogP contribution in [0.15, 0.2) is 23.1 Å². The number of amides is 2. The molecule has 3 aliphatic rings. The van der Waals surface area contributed by atoms with Gasteiger partial charge in [0, 0.05) is 38.8 Å². The van der Waals surface area contributed by atoms with Gasteiger partial charge in [0.2, 0.25) is 10.0 Å². The van der Waals surface area contributed by atoms with Crippen molar-refractivity contribution < 1.29 is 37.0 Å². The molecule has 0 aromatic heterocycles. The van der Waals surface area contributed by atoms with Crippen LogP contribution < -0.4 is 20.1 Å². The molecule has 33 heavy (non-hydrogen) atoms. The van der Waals surface area contributed by atoms with E-state index in [2.05, 4.69) is 15.5 Å². The van der Waals surface area contributed by atoms with Gasteiger partial charge in [0.05, 0.1) is 31.3 Å². The Kier molecular flexibility index (Phi) is 7.65. The van der Waals surface area contributed by atoms with Gasteiger partial charge in [-0.25, -0.2) is 8.42 Å². The van der Waals surface area contributed by atoms with Gasteiger partial charge in [-0.15, -0.1) is 0 Å². The molecule has 0 spiro atoms. The van der Waals surface area contributed by atoms with Crippen LogP contribution in [0.5, 0.6) is 11.5 Å². The van der Waals surface area contributed by atoms with E-state index in [-0.39, 0.29) is 24.6 Å². The van der Waals surface area contributed by atoms with Crippen molar-refractivity contribution in [3.05, 3.63) is 18.2 Å². The second kappa shape index (κ2) is 10.7. The zero-order chi connectivity index (χ0) is 23.3. The van der Waals surface area contributed by atoms with Crippen molar-refractivity contribution in [2.45, 2.75) is 11.1 Å². The van der Waals surface area contributed by atoms with Crippen molar-refractivity contribution in [3.63, 3.8) is 0 Å². The number of hydrogen-bond donors (Lipinski definition) is 2. The first kappa shape index (κ1) is 23.7. The third-order valence-electron chi connectivity index (χ3n) is 5.52. The predicted octanol–water partition coefficient (Wildman–Crippen LogP) is -1.63. The van der Waals surface area contributed by atoms with Crippen molar-refractivity contribution >= 4 is 21.8 Å². The Morgan fingerprint density at radius 3 is 2.45 bits per heavy atom. The van der Waals surface area contributed by atoms with E-state index in [4.69, 9.17) is 18.9 Å². The molecule has 13 heteroatoms. The predicted molar refractivity (Wildman–Crippen MR) is 114 cm³/mol. The molecule has 0 saturated carbocycles. The Morgan fingerprint density at radius 1 is 0.939 bits per heavy atom. The highest BCUT2D eigenvalue weighted by atomic mass is 32.2. The zero-order valence-electron chi connectivity index (χ0n) is 18.2. The van der Waals surface area contributed by atoms with Gasteiger partial charge in [0.15, 0.2) is 11.5 Å². The van der Waals surface area contributed by atoms with Crippen LogP contribution in [0.1, 0.15) is 0 Å². The molecule has 1 atom stereocenters. The molecule has 0 unspecified atom stereocenters. The Labute approximate surface area is 192 Å². The summed E-state index contributed by atoms with van der Waals surface area (Å²) in [6, 6.07) is 4.41. The lowest BCUT2D eigenvalue weighted by Crippen LogP contribution is -2.48. The minimum Gasteiger partial charge on any atom is -0.486 e. The van der Waals surface area contributed by atoms with Crippen LogP contribution in [0.3, 0.4) is 0 Å². The highest BCUT2D eigenvalue weighted by Gasteiger charge is 2.37. The minimum absolute atomic E-state index is 0.0365. The summed E-state index contributed by atoms with van der Waals surface area (Å²) in [6.07, 6.45) is -0.923. The summed E-state index contributed by atoms with van der Waals surface area (Å²) in [7, 11) is -3.91. The van der Waals surface area contributed by atoms with Crippen LogP contribution in [0, 0.1) is 0 Å². The van der Waals surface area contributed by atoms with E-state index in [1.54, 1.807) is 6.07 Å². The Morgan fingerprint density at radius 2 is 1.67 bits per heavy atom. The first-order chi connectivity index (χ1) is 15.9. The Balaban J connectivity index is 1.29. The summed E-state index contributed by atoms with van der Waals surface area (Å²) in [5.74, 6) is -0.769. The number of carbonyl (C=O) groups is 2. The maximum Gasteiger partial charge on any atom is 0.309 e. The van der Waals surface area contributed by atoms with Crippen molar-refractivity contribution in [1.82, 2.24) is 19.8 Å². The third-order valence-corrected chi connectivity index (χ3v) is 7.41. The molecule has 1 aromatic rings. The molecule has 2 amide bonds. The molecule has 3 aliphatic heterocycles. The van der Waals surface area contributed by atoms with Crippen molar-refractivity contribution in [2.75, 3.05) is 72.3 Å². The highest BCUT2D eigenvalue weighted by Crippen LogP contribution is 2.34. The molecule has 4 rings (SSSR count). The number of nitrogens with zero attached hydrogens (tertiary/aromatic N) is 2. The van der Waals surface area contributed by atoms with Gasteiger partial charge in [-0.2, -0.15) is 4.31 Å². The first-order valence-corrected chi connectivity index (χ1v) is 12.3. The molecule has 182 valence electrons. The Bertz CT molecular complexity index is 967. The molecular formula is C20H28N4O8S. The second-order valence-corrected chi connectivity index (χ2v) is 9.56. The summed E-state index contributed by atoms with van der Waals surface area (Å²) >= 11 is 0. The van der Waals surface area contributed by atoms with E-state index in [1.807, 2.05) is 0 Å². The van der Waals surface area contributed by atoms with E-state index in [9.17, 15) is 18.0 Å². The zero-order valence-corrected chi connectivity index (χ0v) is 19.0. The fourth-order valence-electron chi connectivity index (χ4n) is 3.75. The molecule has 1 aromatic carbocycles. The van der Waals surface area contributed by atoms with E-state index >= 15 is 0 Å². The van der Waals surface area contributed by atoms with Crippen LogP contribution in [0.2, 0.25) is 0 Å². The summed E-state index contributed by atoms with van der Waals surface area (Å²) < 4.78 is 49.1. The van der Waals surface area contributed by atoms with Gasteiger partial charge >= 0.3 is 11.8 Å². The molecule has 0 bridgehead atoms. The van der Waals surface area contributed by atoms with Crippen LogP contribution in [0.25, 0.3) is 0 Å². The van der Waals surface area contributed by atoms with Gasteiger partial charge < -0.3 is 29.6 Å². The monoisotopic (exact) mass is 484 g/mol. The maximum atomic E-state index is 13.1. The number of fused-ring (bicyclic) bond motifs is 1. The first-order valence-electron chi connectivity index (χ1n) is 10.8. The molecule has 0 aliphatic carbocycles. The van der Waals surface area contributed by atoms with Gasteiger partial charge in [0.25, 0.3) is 0 Å². The van der Waals surface area contributed by atoms with Crippen LogP contribution in [0.4, 0.5) is 0 Å². The second-order valence-electron chi connectivity index (χ2n) is 7.67. The summed E-state index contributed by atoms with van der Waals surface area (Å²) in [5, 5.41) is 5.03. The lowest BCUT2D eigenvalue weighted by Gasteiger charge is -2.26. The summed E-state index contributed by atoms with van der Waals surface area (Å²) in [6.45, 7) is 4.73. The van der Waals surface area contributed by atoms with Crippen LogP contribution >= 0.6 is 0 Å². The highest BCUT2D eigenvalue weighted by molar-refractivity contribution is 7.89. The van der Waals surface area contributed by atoms with Crippen molar-refractivity contribution in [2.24, 2.45) is 0 Å². The number of morpholine rings is 1.